The van der Waals surface area contributed by atoms with Gasteiger partial charge in [0.2, 0.25) is 0 Å². The van der Waals surface area contributed by atoms with E-state index in [2.05, 4.69) is 75.0 Å². The zero-order valence-electron chi connectivity index (χ0n) is 16.1. The van der Waals surface area contributed by atoms with E-state index in [9.17, 15) is 5.11 Å². The maximum absolute atomic E-state index is 12.0. The molecule has 2 aromatic rings. The second-order valence-electron chi connectivity index (χ2n) is 8.16. The number of hydrogen-bond donors (Lipinski definition) is 1. The molecule has 3 rings (SSSR count). The number of aryl methyl sites for hydroxylation is 1. The first kappa shape index (κ1) is 18.1. The van der Waals surface area contributed by atoms with Gasteiger partial charge in [0.05, 0.1) is 0 Å². The Morgan fingerprint density at radius 1 is 1.16 bits per heavy atom. The Hall–Kier alpha value is -1.71. The highest BCUT2D eigenvalue weighted by Crippen LogP contribution is 2.50. The lowest BCUT2D eigenvalue weighted by atomic mass is 9.62. The summed E-state index contributed by atoms with van der Waals surface area (Å²) in [6, 6.07) is 10.6. The van der Waals surface area contributed by atoms with E-state index in [1.807, 2.05) is 12.4 Å². The van der Waals surface area contributed by atoms with Crippen LogP contribution in [0.1, 0.15) is 55.9 Å². The second-order valence-corrected chi connectivity index (χ2v) is 8.16. The van der Waals surface area contributed by atoms with E-state index < -0.39 is 5.60 Å². The molecule has 0 unspecified atom stereocenters. The molecule has 3 nitrogen and oxygen atoms in total. The Morgan fingerprint density at radius 3 is 2.32 bits per heavy atom. The Labute approximate surface area is 151 Å². The number of aromatic nitrogens is 1. The summed E-state index contributed by atoms with van der Waals surface area (Å²) < 4.78 is 0. The van der Waals surface area contributed by atoms with Gasteiger partial charge in [-0.3, -0.25) is 4.98 Å². The Balaban J connectivity index is 2.12. The van der Waals surface area contributed by atoms with Crippen molar-refractivity contribution in [2.45, 2.75) is 45.6 Å². The molecule has 1 fully saturated rings. The normalized spacial score (nSPS) is 19.5. The van der Waals surface area contributed by atoms with Gasteiger partial charge in [0.25, 0.3) is 0 Å². The van der Waals surface area contributed by atoms with Gasteiger partial charge < -0.3 is 10.0 Å². The van der Waals surface area contributed by atoms with E-state index in [4.69, 9.17) is 0 Å². The number of hydrogen-bond acceptors (Lipinski definition) is 3. The lowest BCUT2D eigenvalue weighted by molar-refractivity contribution is -0.127. The molecular formula is C22H30N2O. The summed E-state index contributed by atoms with van der Waals surface area (Å²) in [5.41, 5.74) is 3.05. The van der Waals surface area contributed by atoms with Gasteiger partial charge in [-0.25, -0.2) is 0 Å². The molecule has 0 bridgehead atoms. The molecular weight excluding hydrogens is 308 g/mol. The second kappa shape index (κ2) is 6.54. The SMILES string of the molecule is CCc1cncc([C@@](O)(c2ccc(C(C)C)cc2)C2(C)CN(C)C2)c1. The molecule has 1 aromatic heterocycles. The first-order chi connectivity index (χ1) is 11.8. The molecule has 1 atom stereocenters. The molecule has 1 N–H and O–H groups in total. The van der Waals surface area contributed by atoms with Crippen LogP contribution in [0, 0.1) is 5.41 Å². The fourth-order valence-electron chi connectivity index (χ4n) is 4.23. The van der Waals surface area contributed by atoms with Gasteiger partial charge in [0, 0.05) is 36.5 Å². The fraction of sp³-hybridized carbons (Fsp3) is 0.500. The minimum absolute atomic E-state index is 0.227. The van der Waals surface area contributed by atoms with Crippen molar-refractivity contribution in [1.82, 2.24) is 9.88 Å². The molecule has 1 saturated heterocycles. The van der Waals surface area contributed by atoms with Crippen LogP contribution >= 0.6 is 0 Å². The monoisotopic (exact) mass is 338 g/mol. The first-order valence-electron chi connectivity index (χ1n) is 9.26. The predicted octanol–water partition coefficient (Wildman–Crippen LogP) is 3.96. The maximum atomic E-state index is 12.0. The van der Waals surface area contributed by atoms with Crippen LogP contribution in [0.4, 0.5) is 0 Å². The van der Waals surface area contributed by atoms with E-state index in [-0.39, 0.29) is 5.41 Å². The Morgan fingerprint density at radius 2 is 1.80 bits per heavy atom. The zero-order chi connectivity index (χ0) is 18.2. The number of likely N-dealkylation sites (tertiary alicyclic amines) is 1. The summed E-state index contributed by atoms with van der Waals surface area (Å²) in [5.74, 6) is 0.484. The van der Waals surface area contributed by atoms with Crippen LogP contribution in [0.2, 0.25) is 0 Å². The lowest BCUT2D eigenvalue weighted by Gasteiger charge is -2.56. The molecule has 2 heterocycles. The van der Waals surface area contributed by atoms with Crippen LogP contribution in [0.5, 0.6) is 0 Å². The van der Waals surface area contributed by atoms with Gasteiger partial charge in [-0.15, -0.1) is 0 Å². The van der Waals surface area contributed by atoms with E-state index in [1.54, 1.807) is 0 Å². The van der Waals surface area contributed by atoms with E-state index in [0.717, 1.165) is 36.2 Å². The Kier molecular flexibility index (Phi) is 4.74. The summed E-state index contributed by atoms with van der Waals surface area (Å²) in [5, 5.41) is 12.0. The summed E-state index contributed by atoms with van der Waals surface area (Å²) in [6.07, 6.45) is 4.64. The maximum Gasteiger partial charge on any atom is 0.124 e. The Bertz CT molecular complexity index is 732. The van der Waals surface area contributed by atoms with Crippen LogP contribution in [-0.4, -0.2) is 35.1 Å². The molecule has 0 amide bonds. The van der Waals surface area contributed by atoms with Gasteiger partial charge in [0.15, 0.2) is 0 Å². The molecule has 0 radical (unpaired) electrons. The van der Waals surface area contributed by atoms with Gasteiger partial charge in [-0.05, 0) is 42.1 Å². The largest absolute Gasteiger partial charge is 0.380 e. The number of benzene rings is 1. The minimum atomic E-state index is -1.03. The van der Waals surface area contributed by atoms with E-state index in [1.165, 1.54) is 5.56 Å². The zero-order valence-corrected chi connectivity index (χ0v) is 16.1. The van der Waals surface area contributed by atoms with Gasteiger partial charge >= 0.3 is 0 Å². The molecule has 1 aromatic carbocycles. The predicted molar refractivity (Wildman–Crippen MR) is 103 cm³/mol. The van der Waals surface area contributed by atoms with Gasteiger partial charge in [0.1, 0.15) is 5.60 Å². The summed E-state index contributed by atoms with van der Waals surface area (Å²) in [7, 11) is 2.10. The van der Waals surface area contributed by atoms with Crippen molar-refractivity contribution in [1.29, 1.82) is 0 Å². The quantitative estimate of drug-likeness (QED) is 0.896. The third kappa shape index (κ3) is 3.00. The highest BCUT2D eigenvalue weighted by Gasteiger charge is 2.55. The summed E-state index contributed by atoms with van der Waals surface area (Å²) >= 11 is 0. The highest BCUT2D eigenvalue weighted by molar-refractivity contribution is 5.41. The third-order valence-corrected chi connectivity index (χ3v) is 5.73. The minimum Gasteiger partial charge on any atom is -0.380 e. The van der Waals surface area contributed by atoms with Crippen molar-refractivity contribution in [3.8, 4) is 0 Å². The molecule has 0 saturated carbocycles. The molecule has 1 aliphatic rings. The van der Waals surface area contributed by atoms with Crippen molar-refractivity contribution >= 4 is 0 Å². The molecule has 25 heavy (non-hydrogen) atoms. The fourth-order valence-corrected chi connectivity index (χ4v) is 4.23. The van der Waals surface area contributed by atoms with E-state index in [0.29, 0.717) is 5.92 Å². The van der Waals surface area contributed by atoms with Crippen LogP contribution in [0.3, 0.4) is 0 Å². The first-order valence-corrected chi connectivity index (χ1v) is 9.26. The highest BCUT2D eigenvalue weighted by atomic mass is 16.3. The molecule has 1 aliphatic heterocycles. The van der Waals surface area contributed by atoms with Crippen LogP contribution in [0.25, 0.3) is 0 Å². The number of rotatable bonds is 5. The molecule has 0 aliphatic carbocycles. The molecule has 134 valence electrons. The van der Waals surface area contributed by atoms with Gasteiger partial charge in [-0.1, -0.05) is 52.0 Å². The van der Waals surface area contributed by atoms with Crippen LogP contribution in [-0.2, 0) is 12.0 Å². The summed E-state index contributed by atoms with van der Waals surface area (Å²) in [4.78, 5) is 6.66. The average molecular weight is 338 g/mol. The smallest absolute Gasteiger partial charge is 0.124 e. The van der Waals surface area contributed by atoms with Crippen molar-refractivity contribution in [3.63, 3.8) is 0 Å². The topological polar surface area (TPSA) is 36.4 Å². The van der Waals surface area contributed by atoms with Crippen molar-refractivity contribution < 1.29 is 5.11 Å². The third-order valence-electron chi connectivity index (χ3n) is 5.73. The van der Waals surface area contributed by atoms with Gasteiger partial charge in [-0.2, -0.15) is 0 Å². The van der Waals surface area contributed by atoms with Crippen LogP contribution in [0.15, 0.2) is 42.7 Å². The number of pyridine rings is 1. The van der Waals surface area contributed by atoms with Crippen LogP contribution < -0.4 is 0 Å². The molecule has 0 spiro atoms. The molecule has 3 heteroatoms. The van der Waals surface area contributed by atoms with Crippen molar-refractivity contribution in [3.05, 3.63) is 65.0 Å². The standard InChI is InChI=1S/C22H30N2O/c1-6-17-11-20(13-23-12-17)22(25,21(4)14-24(5)15-21)19-9-7-18(8-10-19)16(2)3/h7-13,16,25H,6,14-15H2,1-5H3/t22-/m0/s1. The lowest BCUT2D eigenvalue weighted by Crippen LogP contribution is -2.63. The average Bonchev–Trinajstić information content (AvgIpc) is 2.59. The number of aliphatic hydroxyl groups is 1. The van der Waals surface area contributed by atoms with E-state index >= 15 is 0 Å². The van der Waals surface area contributed by atoms with Crippen molar-refractivity contribution in [2.24, 2.45) is 5.41 Å². The van der Waals surface area contributed by atoms with Crippen molar-refractivity contribution in [2.75, 3.05) is 20.1 Å². The number of nitrogens with zero attached hydrogens (tertiary/aromatic N) is 2. The summed E-state index contributed by atoms with van der Waals surface area (Å²) in [6.45, 7) is 10.4.